The van der Waals surface area contributed by atoms with Crippen molar-refractivity contribution in [3.63, 3.8) is 0 Å². The zero-order chi connectivity index (χ0) is 85.2. The van der Waals surface area contributed by atoms with Crippen LogP contribution in [0.2, 0.25) is 0 Å². The second-order valence-corrected chi connectivity index (χ2v) is 44.0. The Bertz CT molecular complexity index is 6500. The van der Waals surface area contributed by atoms with Crippen molar-refractivity contribution in [1.29, 1.82) is 0 Å². The third-order valence-corrected chi connectivity index (χ3v) is 37.1. The highest BCUT2D eigenvalue weighted by Gasteiger charge is 2.57. The quantitative estimate of drug-likeness (QED) is 0.0278. The van der Waals surface area contributed by atoms with Crippen molar-refractivity contribution in [3.8, 4) is 36.8 Å². The largest absolute Gasteiger partial charge is 0.493 e. The van der Waals surface area contributed by atoms with Gasteiger partial charge in [0.25, 0.3) is 0 Å². The molecule has 14 heteroatoms. The number of ether oxygens (including phenoxy) is 5. The van der Waals surface area contributed by atoms with Crippen molar-refractivity contribution < 1.29 is 41.7 Å². The Balaban J connectivity index is 0.000000110. The molecule has 8 aliphatic rings. The summed E-state index contributed by atoms with van der Waals surface area (Å²) < 4.78 is 80.6. The molecular formula is C110H109F3O7S4+4. The summed E-state index contributed by atoms with van der Waals surface area (Å²) in [5, 5.41) is 8.79. The molecule has 1 unspecified atom stereocenters. The standard InChI is InChI=1S/C33H35O3S.C31H33O2S.C26H29OS.C20H12F3OS/c1-20-12-26(37-29-10-6-4-8-27(29)28-9-5-7-11-30(28)37)13-21(2)32(20)35-19-31(34)36-33(3)24-15-22-14-23(17-24)18-25(33)16-22;1-19-11-25(34-28-9-5-3-7-26(28)27-8-4-6-10-29(27)34)12-20(2)30(19)32-18-33-31-23-14-21-13-22(16-23)17-24(31)15-21;1-4-5-6-11-16-27-26-19(2)17-21(18-20(26)3)28-24-14-9-7-12-22(24)23-13-8-10-15-25(23)28;21-20(22,23)13-10-11-18-16(12-13)19(24)15-8-4-5-9-17(15)25(18)14-6-2-1-3-7-14/h4-13,22-25H,14-19H2,1-3H3;3-12,21-24,31H,13-18H2,1-2H3;7-10,12-15,17-18H,4-6,11,16H2,1-3H3;1-12H/q4*+1. The molecule has 0 N–H and O–H groups in total. The van der Waals surface area contributed by atoms with E-state index in [1.54, 1.807) is 12.1 Å². The van der Waals surface area contributed by atoms with Gasteiger partial charge in [-0.05, 0) is 315 Å². The summed E-state index contributed by atoms with van der Waals surface area (Å²) in [5.74, 6) is 8.91. The molecule has 8 fully saturated rings. The lowest BCUT2D eigenvalue weighted by atomic mass is 9.50. The summed E-state index contributed by atoms with van der Waals surface area (Å²) in [6.45, 7) is 18.5. The van der Waals surface area contributed by atoms with Gasteiger partial charge in [0.15, 0.2) is 70.6 Å². The molecule has 8 bridgehead atoms. The van der Waals surface area contributed by atoms with Crippen LogP contribution in [0.4, 0.5) is 13.2 Å². The van der Waals surface area contributed by atoms with Gasteiger partial charge < -0.3 is 23.7 Å². The molecule has 8 aliphatic carbocycles. The first-order valence-corrected chi connectivity index (χ1v) is 49.6. The molecule has 0 radical (unpaired) electrons. The van der Waals surface area contributed by atoms with Gasteiger partial charge in [-0.3, -0.25) is 4.79 Å². The number of alkyl halides is 3. The Morgan fingerprint density at radius 3 is 1.10 bits per heavy atom. The van der Waals surface area contributed by atoms with Crippen molar-refractivity contribution in [2.24, 2.45) is 47.3 Å². The Hall–Kier alpha value is -10.2. The molecule has 124 heavy (non-hydrogen) atoms. The van der Waals surface area contributed by atoms with Crippen molar-refractivity contribution >= 4 is 129 Å². The minimum Gasteiger partial charge on any atom is -0.493 e. The highest BCUT2D eigenvalue weighted by Crippen LogP contribution is 2.61. The van der Waals surface area contributed by atoms with E-state index < -0.39 is 22.2 Å². The van der Waals surface area contributed by atoms with Gasteiger partial charge in [0.2, 0.25) is 5.43 Å². The molecule has 632 valence electrons. The first-order valence-electron chi connectivity index (χ1n) is 44.7. The molecule has 1 atom stereocenters. The van der Waals surface area contributed by atoms with Crippen LogP contribution in [0.3, 0.4) is 0 Å². The summed E-state index contributed by atoms with van der Waals surface area (Å²) in [5.41, 5.74) is 5.59. The molecule has 4 aromatic heterocycles. The predicted molar refractivity (Wildman–Crippen MR) is 515 cm³/mol. The van der Waals surface area contributed by atoms with Crippen molar-refractivity contribution in [2.45, 2.75) is 163 Å². The molecule has 0 spiro atoms. The van der Waals surface area contributed by atoms with E-state index in [4.69, 9.17) is 23.7 Å². The number of fused-ring (bicyclic) bond motifs is 11. The van der Waals surface area contributed by atoms with E-state index in [9.17, 15) is 22.8 Å². The van der Waals surface area contributed by atoms with Gasteiger partial charge in [0.05, 0.1) is 29.0 Å². The van der Waals surface area contributed by atoms with Crippen LogP contribution >= 0.6 is 41.9 Å². The number of hydrogen-bond donors (Lipinski definition) is 0. The molecule has 0 aliphatic heterocycles. The number of esters is 1. The molecule has 8 saturated carbocycles. The molecule has 16 aromatic rings. The second-order valence-electron chi connectivity index (χ2n) is 36.2. The molecule has 24 rings (SSSR count). The van der Waals surface area contributed by atoms with E-state index >= 15 is 0 Å². The highest BCUT2D eigenvalue weighted by atomic mass is 32.2. The lowest BCUT2D eigenvalue weighted by Gasteiger charge is -2.59. The Kier molecular flexibility index (Phi) is 23.5. The monoisotopic (exact) mass is 1730 g/mol. The smallest absolute Gasteiger partial charge is 0.416 e. The number of halogens is 3. The van der Waals surface area contributed by atoms with Gasteiger partial charge in [-0.25, -0.2) is 4.79 Å². The number of rotatable bonds is 18. The normalized spacial score (nSPS) is 21.1. The first-order chi connectivity index (χ1) is 60.2. The van der Waals surface area contributed by atoms with E-state index in [1.165, 1.54) is 187 Å². The van der Waals surface area contributed by atoms with E-state index in [1.807, 2.05) is 42.5 Å². The van der Waals surface area contributed by atoms with Crippen LogP contribution in [0.15, 0.2) is 260 Å². The number of aryl methyl sites for hydroxylation is 6. The van der Waals surface area contributed by atoms with Gasteiger partial charge in [-0.2, -0.15) is 13.2 Å². The van der Waals surface area contributed by atoms with Gasteiger partial charge in [-0.15, -0.1) is 0 Å². The lowest BCUT2D eigenvalue weighted by Crippen LogP contribution is -2.58. The van der Waals surface area contributed by atoms with Crippen LogP contribution in [-0.2, 0) is 20.4 Å². The van der Waals surface area contributed by atoms with Gasteiger partial charge >= 0.3 is 12.1 Å². The zero-order valence-electron chi connectivity index (χ0n) is 72.1. The molecule has 0 amide bonds. The van der Waals surface area contributed by atoms with E-state index in [-0.39, 0.29) is 60.4 Å². The SMILES string of the molecule is CCCCCCOc1c(C)cc(-[s+]2c3ccccc3c3ccccc32)cc1C.Cc1cc(-[s+]2c3ccccc3c3ccccc32)cc(C)c1OCC(=O)OC1(C)C2CC3CC(C2)CC1C3.Cc1cc(-[s+]2c3ccccc3c3ccccc32)cc(C)c1OCOC1C2CC3CC(C2)CC1C3.O=c1c2ccccc2[s+](-c2ccccc2)c2ccc(C(F)(F)F)cc12. The average Bonchev–Trinajstić information content (AvgIpc) is 1.46. The number of thiophene rings is 3. The Morgan fingerprint density at radius 2 is 0.710 bits per heavy atom. The maximum absolute atomic E-state index is 13.1. The molecule has 4 heterocycles. The number of unbranched alkanes of at least 4 members (excludes halogenated alkanes) is 3. The second kappa shape index (κ2) is 35.0. The van der Waals surface area contributed by atoms with Gasteiger partial charge in [-0.1, -0.05) is 129 Å². The van der Waals surface area contributed by atoms with Crippen LogP contribution in [-0.4, -0.2) is 37.7 Å². The predicted octanol–water partition coefficient (Wildman–Crippen LogP) is 31.4. The number of carbonyl (C=O) groups is 1. The topological polar surface area (TPSA) is 80.3 Å². The third kappa shape index (κ3) is 16.0. The Morgan fingerprint density at radius 1 is 0.371 bits per heavy atom. The lowest BCUT2D eigenvalue weighted by molar-refractivity contribution is -0.204. The maximum atomic E-state index is 13.1. The van der Waals surface area contributed by atoms with Crippen molar-refractivity contribution in [3.05, 3.63) is 304 Å². The summed E-state index contributed by atoms with van der Waals surface area (Å²) in [7, 11) is -0.847. The molecular weight excluding hydrogens is 1620 g/mol. The Labute approximate surface area is 736 Å². The van der Waals surface area contributed by atoms with E-state index in [0.29, 0.717) is 34.8 Å². The highest BCUT2D eigenvalue weighted by molar-refractivity contribution is 7.51. The minimum atomic E-state index is -4.47. The van der Waals surface area contributed by atoms with E-state index in [2.05, 4.69) is 237 Å². The number of carbonyl (C=O) groups excluding carboxylic acids is 1. The average molecular weight is 1730 g/mol. The fraction of sp³-hybridized carbons (Fsp3) is 0.327. The van der Waals surface area contributed by atoms with Crippen LogP contribution < -0.4 is 19.6 Å². The summed E-state index contributed by atoms with van der Waals surface area (Å²) in [4.78, 5) is 30.9. The summed E-state index contributed by atoms with van der Waals surface area (Å²) >= 11 is 0. The zero-order valence-corrected chi connectivity index (χ0v) is 75.4. The van der Waals surface area contributed by atoms with Crippen molar-refractivity contribution in [2.75, 3.05) is 20.0 Å². The van der Waals surface area contributed by atoms with Crippen molar-refractivity contribution in [1.82, 2.24) is 0 Å². The number of benzene rings is 12. The van der Waals surface area contributed by atoms with Crippen LogP contribution in [0.1, 0.15) is 143 Å². The first kappa shape index (κ1) is 83.4. The van der Waals surface area contributed by atoms with Gasteiger partial charge in [0.1, 0.15) is 22.8 Å². The fourth-order valence-corrected chi connectivity index (χ4v) is 32.8. The molecule has 12 aromatic carbocycles. The van der Waals surface area contributed by atoms with Crippen LogP contribution in [0.5, 0.6) is 17.2 Å². The van der Waals surface area contributed by atoms with E-state index in [0.717, 1.165) is 98.6 Å². The van der Waals surface area contributed by atoms with Crippen LogP contribution in [0.25, 0.3) is 100 Å². The minimum absolute atomic E-state index is 0.0275. The maximum Gasteiger partial charge on any atom is 0.416 e. The third-order valence-electron chi connectivity index (χ3n) is 27.9. The fourth-order valence-electron chi connectivity index (χ4n) is 22.8. The molecule has 0 saturated heterocycles. The van der Waals surface area contributed by atoms with Gasteiger partial charge in [0, 0.05) is 111 Å². The summed E-state index contributed by atoms with van der Waals surface area (Å²) in [6.07, 6.45) is 14.2. The molecule has 7 nitrogen and oxygen atoms in total. The number of hydrogen-bond acceptors (Lipinski definition) is 7. The summed E-state index contributed by atoms with van der Waals surface area (Å²) in [6, 6.07) is 87.1. The van der Waals surface area contributed by atoms with Crippen LogP contribution in [0, 0.1) is 88.9 Å².